The van der Waals surface area contributed by atoms with Crippen molar-refractivity contribution < 1.29 is 9.18 Å². The minimum absolute atomic E-state index is 0.0174. The van der Waals surface area contributed by atoms with Crippen LogP contribution in [-0.4, -0.2) is 54.9 Å². The predicted octanol–water partition coefficient (Wildman–Crippen LogP) is 0.854. The zero-order valence-electron chi connectivity index (χ0n) is 9.77. The Hall–Kier alpha value is -1.49. The Morgan fingerprint density at radius 2 is 2.06 bits per heavy atom. The van der Waals surface area contributed by atoms with Crippen LogP contribution in [0.15, 0.2) is 18.3 Å². The molecule has 0 atom stereocenters. The summed E-state index contributed by atoms with van der Waals surface area (Å²) in [5.41, 5.74) is 0.0174. The summed E-state index contributed by atoms with van der Waals surface area (Å²) in [6, 6.07) is 2.99. The molecule has 0 radical (unpaired) electrons. The van der Waals surface area contributed by atoms with Crippen molar-refractivity contribution in [3.05, 3.63) is 29.8 Å². The second-order valence-corrected chi connectivity index (χ2v) is 3.87. The van der Waals surface area contributed by atoms with E-state index in [0.717, 1.165) is 6.54 Å². The summed E-state index contributed by atoms with van der Waals surface area (Å²) in [5, 5.41) is 0. The number of likely N-dealkylation sites (N-methyl/N-ethyl adjacent to an activating group) is 2. The van der Waals surface area contributed by atoms with Crippen LogP contribution in [0.1, 0.15) is 10.4 Å². The van der Waals surface area contributed by atoms with E-state index in [9.17, 15) is 9.18 Å². The second kappa shape index (κ2) is 5.55. The van der Waals surface area contributed by atoms with Gasteiger partial charge in [0.05, 0.1) is 5.56 Å². The van der Waals surface area contributed by atoms with Gasteiger partial charge in [-0.05, 0) is 26.2 Å². The first-order valence-electron chi connectivity index (χ1n) is 5.03. The van der Waals surface area contributed by atoms with Crippen molar-refractivity contribution in [3.63, 3.8) is 0 Å². The standard InChI is InChI=1S/C11H16FN3O/c1-14(2)7-8-15(3)11(16)9-5-4-6-13-10(9)12/h4-6H,7-8H2,1-3H3. The normalized spacial score (nSPS) is 10.6. The molecule has 0 aliphatic carbocycles. The molecule has 1 rings (SSSR count). The van der Waals surface area contributed by atoms with Gasteiger partial charge in [-0.25, -0.2) is 4.98 Å². The summed E-state index contributed by atoms with van der Waals surface area (Å²) in [7, 11) is 5.49. The lowest BCUT2D eigenvalue weighted by Crippen LogP contribution is -2.34. The molecular weight excluding hydrogens is 209 g/mol. The predicted molar refractivity (Wildman–Crippen MR) is 59.7 cm³/mol. The number of hydrogen-bond donors (Lipinski definition) is 0. The molecule has 1 aromatic heterocycles. The van der Waals surface area contributed by atoms with Crippen LogP contribution in [0.4, 0.5) is 4.39 Å². The maximum Gasteiger partial charge on any atom is 0.258 e. The van der Waals surface area contributed by atoms with Crippen molar-refractivity contribution in [1.82, 2.24) is 14.8 Å². The topological polar surface area (TPSA) is 36.4 Å². The number of carbonyl (C=O) groups excluding carboxylic acids is 1. The first kappa shape index (κ1) is 12.6. The Balaban J connectivity index is 2.67. The van der Waals surface area contributed by atoms with Gasteiger partial charge in [0.1, 0.15) is 0 Å². The highest BCUT2D eigenvalue weighted by molar-refractivity contribution is 5.93. The lowest BCUT2D eigenvalue weighted by atomic mass is 10.2. The van der Waals surface area contributed by atoms with Gasteiger partial charge in [-0.15, -0.1) is 0 Å². The molecule has 0 saturated carbocycles. The summed E-state index contributed by atoms with van der Waals surface area (Å²) >= 11 is 0. The Morgan fingerprint density at radius 3 is 2.62 bits per heavy atom. The average molecular weight is 225 g/mol. The van der Waals surface area contributed by atoms with Gasteiger partial charge in [-0.1, -0.05) is 0 Å². The van der Waals surface area contributed by atoms with E-state index in [1.165, 1.54) is 17.2 Å². The third-order valence-electron chi connectivity index (χ3n) is 2.22. The summed E-state index contributed by atoms with van der Waals surface area (Å²) in [4.78, 5) is 18.7. The van der Waals surface area contributed by atoms with Crippen molar-refractivity contribution in [2.24, 2.45) is 0 Å². The number of halogens is 1. The van der Waals surface area contributed by atoms with Crippen LogP contribution in [0.25, 0.3) is 0 Å². The minimum Gasteiger partial charge on any atom is -0.340 e. The molecule has 4 nitrogen and oxygen atoms in total. The van der Waals surface area contributed by atoms with Crippen molar-refractivity contribution in [2.75, 3.05) is 34.2 Å². The third-order valence-corrected chi connectivity index (χ3v) is 2.22. The molecule has 0 aliphatic rings. The maximum atomic E-state index is 13.2. The fraction of sp³-hybridized carbons (Fsp3) is 0.455. The summed E-state index contributed by atoms with van der Waals surface area (Å²) in [6.45, 7) is 1.30. The molecule has 1 aromatic rings. The SMILES string of the molecule is CN(C)CCN(C)C(=O)c1cccnc1F. The number of amides is 1. The molecule has 16 heavy (non-hydrogen) atoms. The van der Waals surface area contributed by atoms with E-state index in [0.29, 0.717) is 6.54 Å². The van der Waals surface area contributed by atoms with Crippen LogP contribution in [0, 0.1) is 5.95 Å². The Labute approximate surface area is 94.7 Å². The number of carbonyl (C=O) groups is 1. The molecule has 1 heterocycles. The molecule has 0 N–H and O–H groups in total. The molecule has 5 heteroatoms. The largest absolute Gasteiger partial charge is 0.340 e. The third kappa shape index (κ3) is 3.27. The Kier molecular flexibility index (Phi) is 4.37. The molecule has 0 bridgehead atoms. The molecule has 0 unspecified atom stereocenters. The van der Waals surface area contributed by atoms with E-state index >= 15 is 0 Å². The number of pyridine rings is 1. The van der Waals surface area contributed by atoms with Crippen LogP contribution in [0.5, 0.6) is 0 Å². The number of rotatable bonds is 4. The first-order chi connectivity index (χ1) is 7.52. The van der Waals surface area contributed by atoms with Crippen LogP contribution in [0.3, 0.4) is 0 Å². The number of aromatic nitrogens is 1. The highest BCUT2D eigenvalue weighted by Crippen LogP contribution is 2.06. The van der Waals surface area contributed by atoms with Crippen LogP contribution in [0.2, 0.25) is 0 Å². The van der Waals surface area contributed by atoms with Gasteiger partial charge < -0.3 is 9.80 Å². The fourth-order valence-electron chi connectivity index (χ4n) is 1.20. The molecular formula is C11H16FN3O. The highest BCUT2D eigenvalue weighted by atomic mass is 19.1. The Bertz CT molecular complexity index is 368. The van der Waals surface area contributed by atoms with E-state index in [1.54, 1.807) is 13.1 Å². The van der Waals surface area contributed by atoms with E-state index in [4.69, 9.17) is 0 Å². The summed E-state index contributed by atoms with van der Waals surface area (Å²) in [5.74, 6) is -1.06. The van der Waals surface area contributed by atoms with E-state index in [-0.39, 0.29) is 11.5 Å². The van der Waals surface area contributed by atoms with Crippen molar-refractivity contribution in [1.29, 1.82) is 0 Å². The van der Waals surface area contributed by atoms with Crippen molar-refractivity contribution in [2.45, 2.75) is 0 Å². The second-order valence-electron chi connectivity index (χ2n) is 3.87. The van der Waals surface area contributed by atoms with E-state index in [2.05, 4.69) is 4.98 Å². The molecule has 0 fully saturated rings. The monoisotopic (exact) mass is 225 g/mol. The van der Waals surface area contributed by atoms with Crippen LogP contribution >= 0.6 is 0 Å². The molecule has 1 amide bonds. The average Bonchev–Trinajstić information content (AvgIpc) is 2.25. The minimum atomic E-state index is -0.718. The van der Waals surface area contributed by atoms with Crippen LogP contribution in [-0.2, 0) is 0 Å². The summed E-state index contributed by atoms with van der Waals surface area (Å²) in [6.07, 6.45) is 1.33. The molecule has 0 aromatic carbocycles. The van der Waals surface area contributed by atoms with Crippen molar-refractivity contribution in [3.8, 4) is 0 Å². The lowest BCUT2D eigenvalue weighted by Gasteiger charge is -2.19. The zero-order valence-corrected chi connectivity index (χ0v) is 9.77. The fourth-order valence-corrected chi connectivity index (χ4v) is 1.20. The molecule has 0 saturated heterocycles. The maximum absolute atomic E-state index is 13.2. The van der Waals surface area contributed by atoms with Gasteiger partial charge in [0.15, 0.2) is 0 Å². The van der Waals surface area contributed by atoms with E-state index in [1.807, 2.05) is 19.0 Å². The number of nitrogens with zero attached hydrogens (tertiary/aromatic N) is 3. The molecule has 88 valence electrons. The van der Waals surface area contributed by atoms with Crippen LogP contribution < -0.4 is 0 Å². The number of hydrogen-bond acceptors (Lipinski definition) is 3. The van der Waals surface area contributed by atoms with Gasteiger partial charge in [-0.2, -0.15) is 4.39 Å². The molecule has 0 aliphatic heterocycles. The van der Waals surface area contributed by atoms with Gasteiger partial charge in [-0.3, -0.25) is 4.79 Å². The van der Waals surface area contributed by atoms with E-state index < -0.39 is 5.95 Å². The first-order valence-corrected chi connectivity index (χ1v) is 5.03. The summed E-state index contributed by atoms with van der Waals surface area (Å²) < 4.78 is 13.2. The van der Waals surface area contributed by atoms with Gasteiger partial charge >= 0.3 is 0 Å². The lowest BCUT2D eigenvalue weighted by molar-refractivity contribution is 0.0780. The zero-order chi connectivity index (χ0) is 12.1. The van der Waals surface area contributed by atoms with Crippen molar-refractivity contribution >= 4 is 5.91 Å². The quantitative estimate of drug-likeness (QED) is 0.713. The van der Waals surface area contributed by atoms with Gasteiger partial charge in [0.25, 0.3) is 5.91 Å². The Morgan fingerprint density at radius 1 is 1.38 bits per heavy atom. The molecule has 0 spiro atoms. The smallest absolute Gasteiger partial charge is 0.258 e. The van der Waals surface area contributed by atoms with Gasteiger partial charge in [0.2, 0.25) is 5.95 Å². The van der Waals surface area contributed by atoms with Gasteiger partial charge in [0, 0.05) is 26.3 Å². The highest BCUT2D eigenvalue weighted by Gasteiger charge is 2.16.